The van der Waals surface area contributed by atoms with E-state index in [1.54, 1.807) is 0 Å². The number of pyridine rings is 1. The molecule has 1 amide bonds. The average Bonchev–Trinajstić information content (AvgIpc) is 3.56. The molecule has 2 aliphatic heterocycles. The Kier molecular flexibility index (Phi) is 5.21. The highest BCUT2D eigenvalue weighted by atomic mass is 16.2. The van der Waals surface area contributed by atoms with E-state index in [4.69, 9.17) is 15.8 Å². The summed E-state index contributed by atoms with van der Waals surface area (Å²) in [7, 11) is 0. The molecule has 2 N–H and O–H groups in total. The summed E-state index contributed by atoms with van der Waals surface area (Å²) >= 11 is 0. The maximum Gasteiger partial charge on any atom is 0.292 e. The molecule has 2 saturated heterocycles. The second-order valence-electron chi connectivity index (χ2n) is 10.0. The molecule has 10 nitrogen and oxygen atoms in total. The largest absolute Gasteiger partial charge is 0.355 e. The lowest BCUT2D eigenvalue weighted by molar-refractivity contribution is 0.0591. The Morgan fingerprint density at radius 3 is 2.69 bits per heavy atom. The van der Waals surface area contributed by atoms with Gasteiger partial charge in [-0.25, -0.2) is 9.50 Å². The van der Waals surface area contributed by atoms with E-state index in [9.17, 15) is 4.79 Å². The molecule has 2 aliphatic rings. The van der Waals surface area contributed by atoms with Crippen LogP contribution >= 0.6 is 0 Å². The van der Waals surface area contributed by atoms with Crippen LogP contribution in [0.1, 0.15) is 64.9 Å². The van der Waals surface area contributed by atoms with Crippen LogP contribution in [0.15, 0.2) is 24.4 Å². The van der Waals surface area contributed by atoms with Gasteiger partial charge >= 0.3 is 0 Å². The van der Waals surface area contributed by atoms with E-state index in [0.29, 0.717) is 18.0 Å². The van der Waals surface area contributed by atoms with Gasteiger partial charge in [-0.15, -0.1) is 10.2 Å². The van der Waals surface area contributed by atoms with Crippen LogP contribution in [0.3, 0.4) is 0 Å². The summed E-state index contributed by atoms with van der Waals surface area (Å²) < 4.78 is 3.68. The third kappa shape index (κ3) is 3.72. The second-order valence-corrected chi connectivity index (χ2v) is 10.0. The predicted octanol–water partition coefficient (Wildman–Crippen LogP) is 2.60. The lowest BCUT2D eigenvalue weighted by Gasteiger charge is -2.34. The van der Waals surface area contributed by atoms with Crippen molar-refractivity contribution in [3.05, 3.63) is 52.7 Å². The molecule has 182 valence electrons. The van der Waals surface area contributed by atoms with Crippen LogP contribution in [0.25, 0.3) is 11.3 Å². The van der Waals surface area contributed by atoms with Crippen molar-refractivity contribution in [2.75, 3.05) is 24.5 Å². The Bertz CT molecular complexity index is 1440. The molecule has 2 fully saturated rings. The number of likely N-dealkylation sites (tertiary alicyclic amines) is 1. The minimum absolute atomic E-state index is 0.109. The molecule has 35 heavy (non-hydrogen) atoms. The number of hydrogen-bond donors (Lipinski definition) is 1. The third-order valence-corrected chi connectivity index (χ3v) is 7.28. The summed E-state index contributed by atoms with van der Waals surface area (Å²) in [5.74, 6) is 1.21. The van der Waals surface area contributed by atoms with Crippen molar-refractivity contribution in [1.29, 1.82) is 0 Å². The minimum atomic E-state index is -0.125. The Hall–Kier alpha value is -3.53. The molecule has 10 heteroatoms. The number of aryl methyl sites for hydroxylation is 3. The molecule has 0 bridgehead atoms. The van der Waals surface area contributed by atoms with Crippen LogP contribution in [-0.4, -0.2) is 65.7 Å². The quantitative estimate of drug-likeness (QED) is 0.487. The Balaban J connectivity index is 1.35. The van der Waals surface area contributed by atoms with Crippen molar-refractivity contribution in [1.82, 2.24) is 34.1 Å². The number of amides is 1. The van der Waals surface area contributed by atoms with Gasteiger partial charge in [-0.1, -0.05) is 0 Å². The zero-order valence-electron chi connectivity index (χ0n) is 20.5. The van der Waals surface area contributed by atoms with Crippen LogP contribution in [0.2, 0.25) is 0 Å². The molecule has 6 heterocycles. The average molecular weight is 474 g/mol. The number of anilines is 1. The van der Waals surface area contributed by atoms with Gasteiger partial charge in [0, 0.05) is 49.2 Å². The van der Waals surface area contributed by atoms with Gasteiger partial charge in [0.25, 0.3) is 5.91 Å². The number of piperidine rings is 1. The normalized spacial score (nSPS) is 20.9. The molecule has 0 radical (unpaired) electrons. The first-order chi connectivity index (χ1) is 16.9. The summed E-state index contributed by atoms with van der Waals surface area (Å²) in [5.41, 5.74) is 11.6. The Morgan fingerprint density at radius 2 is 1.89 bits per heavy atom. The van der Waals surface area contributed by atoms with Gasteiger partial charge in [-0.05, 0) is 64.2 Å². The highest BCUT2D eigenvalue weighted by Crippen LogP contribution is 2.32. The fourth-order valence-corrected chi connectivity index (χ4v) is 5.61. The topological polar surface area (TPSA) is 110 Å². The standard InChI is InChI=1S/C25H31N9O/c1-15-10-17(3)34-22(11-15)28-29-24(34)25(35)32-8-5-4-6-20(32)19-12-21-27-23(16(2)13-33(21)30-19)31-9-7-18(26)14-31/h10-13,18,20H,4-9,14,26H2,1-3H3/t18-,20-/m0/s1. The molecule has 0 spiro atoms. The van der Waals surface area contributed by atoms with E-state index < -0.39 is 0 Å². The van der Waals surface area contributed by atoms with Crippen molar-refractivity contribution in [2.24, 2.45) is 5.73 Å². The van der Waals surface area contributed by atoms with E-state index in [1.165, 1.54) is 0 Å². The molecule has 0 unspecified atom stereocenters. The molecule has 6 rings (SSSR count). The summed E-state index contributed by atoms with van der Waals surface area (Å²) in [5, 5.41) is 13.4. The molecular formula is C25H31N9O. The molecule has 0 aliphatic carbocycles. The van der Waals surface area contributed by atoms with Crippen molar-refractivity contribution in [2.45, 2.75) is 58.5 Å². The minimum Gasteiger partial charge on any atom is -0.355 e. The van der Waals surface area contributed by atoms with E-state index in [0.717, 1.165) is 72.8 Å². The number of rotatable bonds is 3. The molecule has 0 aromatic carbocycles. The molecule has 0 saturated carbocycles. The van der Waals surface area contributed by atoms with Crippen LogP contribution in [0.5, 0.6) is 0 Å². The van der Waals surface area contributed by atoms with Gasteiger partial charge in [0.05, 0.1) is 11.7 Å². The zero-order chi connectivity index (χ0) is 24.3. The fraction of sp³-hybridized carbons (Fsp3) is 0.480. The maximum absolute atomic E-state index is 13.8. The van der Waals surface area contributed by atoms with Crippen molar-refractivity contribution in [3.63, 3.8) is 0 Å². The van der Waals surface area contributed by atoms with Crippen LogP contribution in [0.4, 0.5) is 5.82 Å². The van der Waals surface area contributed by atoms with Gasteiger partial charge in [0.15, 0.2) is 11.3 Å². The number of fused-ring (bicyclic) bond motifs is 2. The molecule has 4 aromatic rings. The predicted molar refractivity (Wildman–Crippen MR) is 133 cm³/mol. The van der Waals surface area contributed by atoms with E-state index in [2.05, 4.69) is 22.0 Å². The lowest BCUT2D eigenvalue weighted by atomic mass is 9.99. The maximum atomic E-state index is 13.8. The number of carbonyl (C=O) groups excluding carboxylic acids is 1. The van der Waals surface area contributed by atoms with Crippen LogP contribution < -0.4 is 10.6 Å². The lowest BCUT2D eigenvalue weighted by Crippen LogP contribution is -2.39. The van der Waals surface area contributed by atoms with Gasteiger partial charge in [0.1, 0.15) is 5.82 Å². The fourth-order valence-electron chi connectivity index (χ4n) is 5.61. The zero-order valence-corrected chi connectivity index (χ0v) is 20.5. The Labute approximate surface area is 203 Å². The highest BCUT2D eigenvalue weighted by molar-refractivity contribution is 5.92. The SMILES string of the molecule is Cc1cc(C)n2c(C(=O)N3CCCC[C@H]3c3cc4nc(N5CC[C@H](N)C5)c(C)cn4n3)nnc2c1. The van der Waals surface area contributed by atoms with Crippen molar-refractivity contribution in [3.8, 4) is 0 Å². The van der Waals surface area contributed by atoms with Crippen molar-refractivity contribution >= 4 is 23.0 Å². The summed E-state index contributed by atoms with van der Waals surface area (Å²) in [4.78, 5) is 22.9. The number of aromatic nitrogens is 6. The van der Waals surface area contributed by atoms with Gasteiger partial charge < -0.3 is 15.5 Å². The first-order valence-corrected chi connectivity index (χ1v) is 12.4. The molecule has 2 atom stereocenters. The van der Waals surface area contributed by atoms with E-state index >= 15 is 0 Å². The van der Waals surface area contributed by atoms with E-state index in [-0.39, 0.29) is 18.0 Å². The number of nitrogens with zero attached hydrogens (tertiary/aromatic N) is 8. The number of nitrogens with two attached hydrogens (primary N) is 1. The monoisotopic (exact) mass is 473 g/mol. The summed E-state index contributed by atoms with van der Waals surface area (Å²) in [6, 6.07) is 6.08. The van der Waals surface area contributed by atoms with Gasteiger partial charge in [0.2, 0.25) is 5.82 Å². The van der Waals surface area contributed by atoms with E-state index in [1.807, 2.05) is 52.1 Å². The van der Waals surface area contributed by atoms with Crippen LogP contribution in [0, 0.1) is 20.8 Å². The summed E-state index contributed by atoms with van der Waals surface area (Å²) in [6.07, 6.45) is 5.87. The molecular weight excluding hydrogens is 442 g/mol. The Morgan fingerprint density at radius 1 is 1.03 bits per heavy atom. The second kappa shape index (κ2) is 8.30. The smallest absolute Gasteiger partial charge is 0.292 e. The first kappa shape index (κ1) is 22.0. The van der Waals surface area contributed by atoms with Crippen LogP contribution in [-0.2, 0) is 0 Å². The third-order valence-electron chi connectivity index (χ3n) is 7.28. The van der Waals surface area contributed by atoms with Gasteiger partial charge in [-0.2, -0.15) is 5.10 Å². The van der Waals surface area contributed by atoms with Gasteiger partial charge in [-0.3, -0.25) is 9.20 Å². The number of carbonyl (C=O) groups is 1. The molecule has 4 aromatic heterocycles. The highest BCUT2D eigenvalue weighted by Gasteiger charge is 2.33. The summed E-state index contributed by atoms with van der Waals surface area (Å²) in [6.45, 7) is 8.47. The number of hydrogen-bond acceptors (Lipinski definition) is 7. The van der Waals surface area contributed by atoms with Crippen molar-refractivity contribution < 1.29 is 4.79 Å². The first-order valence-electron chi connectivity index (χ1n) is 12.4.